The summed E-state index contributed by atoms with van der Waals surface area (Å²) in [6.07, 6.45) is 6.37. The number of Topliss-reactive ketones (excluding diaryl/α,β-unsaturated/α-hetero) is 1. The van der Waals surface area contributed by atoms with E-state index in [1.54, 1.807) is 23.1 Å². The van der Waals surface area contributed by atoms with E-state index in [0.717, 1.165) is 29.0 Å². The van der Waals surface area contributed by atoms with Gasteiger partial charge in [-0.05, 0) is 44.2 Å². The maximum absolute atomic E-state index is 12.5. The smallest absolute Gasteiger partial charge is 0.177 e. The van der Waals surface area contributed by atoms with Crippen molar-refractivity contribution in [3.05, 3.63) is 37.8 Å². The summed E-state index contributed by atoms with van der Waals surface area (Å²) in [5.74, 6) is 0.158. The Morgan fingerprint density at radius 2 is 2.14 bits per heavy atom. The largest absolute Gasteiger partial charge is 0.293 e. The van der Waals surface area contributed by atoms with Crippen molar-refractivity contribution in [1.29, 1.82) is 0 Å². The highest BCUT2D eigenvalue weighted by atomic mass is 35.5. The second kappa shape index (κ2) is 5.93. The Bertz CT molecular complexity index is 663. The van der Waals surface area contributed by atoms with Crippen LogP contribution in [0.2, 0.25) is 5.15 Å². The van der Waals surface area contributed by atoms with E-state index >= 15 is 0 Å². The van der Waals surface area contributed by atoms with E-state index in [4.69, 9.17) is 11.6 Å². The van der Waals surface area contributed by atoms with Crippen molar-refractivity contribution in [3.8, 4) is 0 Å². The van der Waals surface area contributed by atoms with E-state index in [0.29, 0.717) is 11.6 Å². The van der Waals surface area contributed by atoms with Crippen molar-refractivity contribution < 1.29 is 4.79 Å². The molecule has 0 saturated heterocycles. The zero-order valence-electron chi connectivity index (χ0n) is 12.4. The minimum Gasteiger partial charge on any atom is -0.293 e. The van der Waals surface area contributed by atoms with Crippen LogP contribution in [0.3, 0.4) is 0 Å². The Hall–Kier alpha value is -1.13. The summed E-state index contributed by atoms with van der Waals surface area (Å²) in [7, 11) is 1.80. The summed E-state index contributed by atoms with van der Waals surface area (Å²) < 4.78 is 1.63. The molecule has 0 aliphatic heterocycles. The number of rotatable bonds is 3. The molecule has 5 heteroatoms. The Morgan fingerprint density at radius 1 is 1.38 bits per heavy atom. The van der Waals surface area contributed by atoms with Crippen LogP contribution in [-0.4, -0.2) is 15.6 Å². The molecule has 2 aromatic rings. The first-order chi connectivity index (χ1) is 10.1. The molecule has 1 aliphatic carbocycles. The number of fused-ring (bicyclic) bond motifs is 1. The van der Waals surface area contributed by atoms with Gasteiger partial charge in [0.25, 0.3) is 0 Å². The van der Waals surface area contributed by atoms with Gasteiger partial charge in [0.15, 0.2) is 5.78 Å². The minimum absolute atomic E-state index is 0.158. The summed E-state index contributed by atoms with van der Waals surface area (Å²) in [6, 6.07) is 2.10. The lowest BCUT2D eigenvalue weighted by Gasteiger charge is -1.99. The molecule has 0 unspecified atom stereocenters. The van der Waals surface area contributed by atoms with E-state index in [9.17, 15) is 4.79 Å². The van der Waals surface area contributed by atoms with Gasteiger partial charge in [-0.1, -0.05) is 18.0 Å². The molecule has 0 radical (unpaired) electrons. The molecule has 1 aliphatic rings. The van der Waals surface area contributed by atoms with Crippen molar-refractivity contribution in [1.82, 2.24) is 9.78 Å². The zero-order chi connectivity index (χ0) is 15.0. The van der Waals surface area contributed by atoms with Crippen LogP contribution in [0.1, 0.15) is 50.6 Å². The molecule has 2 heterocycles. The minimum atomic E-state index is 0.158. The first-order valence-electron chi connectivity index (χ1n) is 7.39. The fraction of sp³-hybridized carbons (Fsp3) is 0.500. The Kier molecular flexibility index (Phi) is 4.18. The Labute approximate surface area is 133 Å². The molecule has 3 nitrogen and oxygen atoms in total. The number of hydrogen-bond donors (Lipinski definition) is 0. The van der Waals surface area contributed by atoms with Gasteiger partial charge in [0.05, 0.1) is 10.6 Å². The molecule has 0 amide bonds. The van der Waals surface area contributed by atoms with Gasteiger partial charge in [-0.2, -0.15) is 5.10 Å². The quantitative estimate of drug-likeness (QED) is 0.629. The molecule has 112 valence electrons. The first kappa shape index (κ1) is 14.8. The average Bonchev–Trinajstić information content (AvgIpc) is 2.86. The maximum Gasteiger partial charge on any atom is 0.177 e. The second-order valence-corrected chi connectivity index (χ2v) is 7.19. The van der Waals surface area contributed by atoms with Gasteiger partial charge in [0.2, 0.25) is 0 Å². The summed E-state index contributed by atoms with van der Waals surface area (Å²) in [4.78, 5) is 14.8. The number of ketones is 1. The molecular formula is C16H19ClN2OS. The van der Waals surface area contributed by atoms with Gasteiger partial charge >= 0.3 is 0 Å². The predicted molar refractivity (Wildman–Crippen MR) is 86.6 cm³/mol. The van der Waals surface area contributed by atoms with Crippen LogP contribution in [0, 0.1) is 6.92 Å². The maximum atomic E-state index is 12.5. The van der Waals surface area contributed by atoms with E-state index < -0.39 is 0 Å². The summed E-state index contributed by atoms with van der Waals surface area (Å²) in [6.45, 7) is 1.90. The lowest BCUT2D eigenvalue weighted by atomic mass is 10.1. The number of thiophene rings is 1. The number of aryl methyl sites for hydroxylation is 4. The van der Waals surface area contributed by atoms with E-state index in [1.807, 2.05) is 6.92 Å². The molecule has 0 saturated carbocycles. The molecule has 0 spiro atoms. The molecule has 0 atom stereocenters. The van der Waals surface area contributed by atoms with Crippen molar-refractivity contribution >= 4 is 28.7 Å². The van der Waals surface area contributed by atoms with Crippen molar-refractivity contribution in [2.75, 3.05) is 0 Å². The number of aromatic nitrogens is 2. The van der Waals surface area contributed by atoms with Crippen molar-refractivity contribution in [2.45, 2.75) is 45.4 Å². The predicted octanol–water partition coefficient (Wildman–Crippen LogP) is 4.14. The van der Waals surface area contributed by atoms with Gasteiger partial charge in [0.1, 0.15) is 5.15 Å². The molecule has 3 rings (SSSR count). The van der Waals surface area contributed by atoms with Gasteiger partial charge < -0.3 is 0 Å². The summed E-state index contributed by atoms with van der Waals surface area (Å²) in [5, 5.41) is 4.84. The van der Waals surface area contributed by atoms with Crippen LogP contribution in [0.25, 0.3) is 0 Å². The number of carbonyl (C=O) groups excluding carboxylic acids is 1. The monoisotopic (exact) mass is 322 g/mol. The highest BCUT2D eigenvalue weighted by molar-refractivity contribution is 7.14. The SMILES string of the molecule is Cc1nn(C)c(Cl)c1CC(=O)c1cc2c(s1)CCCCC2. The van der Waals surface area contributed by atoms with Gasteiger partial charge in [-0.25, -0.2) is 0 Å². The van der Waals surface area contributed by atoms with Gasteiger partial charge in [-0.15, -0.1) is 11.3 Å². The molecule has 0 fully saturated rings. The molecule has 0 bridgehead atoms. The number of carbonyl (C=O) groups is 1. The Balaban J connectivity index is 1.82. The first-order valence-corrected chi connectivity index (χ1v) is 8.58. The third-order valence-corrected chi connectivity index (χ3v) is 5.88. The number of halogens is 1. The van der Waals surface area contributed by atoms with Crippen LogP contribution in [0.15, 0.2) is 6.07 Å². The van der Waals surface area contributed by atoms with E-state index in [2.05, 4.69) is 11.2 Å². The van der Waals surface area contributed by atoms with E-state index in [1.165, 1.54) is 29.7 Å². The highest BCUT2D eigenvalue weighted by Crippen LogP contribution is 2.30. The lowest BCUT2D eigenvalue weighted by molar-refractivity contribution is 0.0996. The van der Waals surface area contributed by atoms with Crippen molar-refractivity contribution in [2.24, 2.45) is 7.05 Å². The molecule has 21 heavy (non-hydrogen) atoms. The third-order valence-electron chi connectivity index (χ3n) is 4.13. The normalized spacial score (nSPS) is 14.8. The van der Waals surface area contributed by atoms with Crippen LogP contribution >= 0.6 is 22.9 Å². The molecule has 2 aromatic heterocycles. The molecular weight excluding hydrogens is 304 g/mol. The molecule has 0 aromatic carbocycles. The summed E-state index contributed by atoms with van der Waals surface area (Å²) >= 11 is 7.89. The van der Waals surface area contributed by atoms with E-state index in [-0.39, 0.29) is 5.78 Å². The van der Waals surface area contributed by atoms with Crippen LogP contribution < -0.4 is 0 Å². The fourth-order valence-corrected chi connectivity index (χ4v) is 4.36. The topological polar surface area (TPSA) is 34.9 Å². The standard InChI is InChI=1S/C16H19ClN2OS/c1-10-12(16(17)19(2)18-10)9-13(20)15-8-11-6-4-3-5-7-14(11)21-15/h8H,3-7,9H2,1-2H3. The molecule has 0 N–H and O–H groups in total. The van der Waals surface area contributed by atoms with Gasteiger partial charge in [0, 0.05) is 23.9 Å². The van der Waals surface area contributed by atoms with Crippen molar-refractivity contribution in [3.63, 3.8) is 0 Å². The van der Waals surface area contributed by atoms with Crippen LogP contribution in [-0.2, 0) is 26.3 Å². The average molecular weight is 323 g/mol. The number of hydrogen-bond acceptors (Lipinski definition) is 3. The third kappa shape index (κ3) is 2.92. The highest BCUT2D eigenvalue weighted by Gasteiger charge is 2.20. The second-order valence-electron chi connectivity index (χ2n) is 5.70. The Morgan fingerprint density at radius 3 is 2.86 bits per heavy atom. The van der Waals surface area contributed by atoms with Gasteiger partial charge in [-0.3, -0.25) is 9.48 Å². The summed E-state index contributed by atoms with van der Waals surface area (Å²) in [5.41, 5.74) is 3.08. The number of nitrogens with zero attached hydrogens (tertiary/aromatic N) is 2. The fourth-order valence-electron chi connectivity index (χ4n) is 2.93. The van der Waals surface area contributed by atoms with Crippen LogP contribution in [0.4, 0.5) is 0 Å². The zero-order valence-corrected chi connectivity index (χ0v) is 14.0. The van der Waals surface area contributed by atoms with Crippen LogP contribution in [0.5, 0.6) is 0 Å². The lowest BCUT2D eigenvalue weighted by Crippen LogP contribution is -2.02.